The first-order chi connectivity index (χ1) is 14.6. The Morgan fingerprint density at radius 2 is 1.80 bits per heavy atom. The van der Waals surface area contributed by atoms with E-state index in [2.05, 4.69) is 25.9 Å². The molecule has 0 unspecified atom stereocenters. The number of aromatic nitrogens is 2. The summed E-state index contributed by atoms with van der Waals surface area (Å²) in [7, 11) is 2.96. The summed E-state index contributed by atoms with van der Waals surface area (Å²) in [5.74, 6) is 1.54. The summed E-state index contributed by atoms with van der Waals surface area (Å²) in [6.07, 6.45) is 0. The minimum absolute atomic E-state index is 0.387. The predicted molar refractivity (Wildman–Crippen MR) is 118 cm³/mol. The Kier molecular flexibility index (Phi) is 5.72. The molecule has 1 N–H and O–H groups in total. The van der Waals surface area contributed by atoms with Gasteiger partial charge in [-0.15, -0.1) is 0 Å². The molecule has 0 saturated carbocycles. The number of rotatable bonds is 6. The third-order valence-corrected chi connectivity index (χ3v) is 5.18. The standard InChI is InChI=1S/C23H19BrN2O4/c1-28-21-12-15(6-10-20(21)30-13-14-3-7-17(24)8-4-14)22-25-18-9-5-16(23(27)29-2)11-19(18)26-22/h3-12H,13H2,1-2H3,(H,25,26). The molecular formula is C23H19BrN2O4. The molecule has 152 valence electrons. The van der Waals surface area contributed by atoms with E-state index in [4.69, 9.17) is 14.2 Å². The Hall–Kier alpha value is -3.32. The lowest BCUT2D eigenvalue weighted by atomic mass is 10.2. The maximum atomic E-state index is 11.7. The number of carbonyl (C=O) groups excluding carboxylic acids is 1. The van der Waals surface area contributed by atoms with Gasteiger partial charge in [-0.2, -0.15) is 0 Å². The number of ether oxygens (including phenoxy) is 3. The van der Waals surface area contributed by atoms with Crippen molar-refractivity contribution in [2.24, 2.45) is 0 Å². The van der Waals surface area contributed by atoms with Crippen molar-refractivity contribution in [3.63, 3.8) is 0 Å². The molecule has 4 rings (SSSR count). The quantitative estimate of drug-likeness (QED) is 0.386. The fraction of sp³-hybridized carbons (Fsp3) is 0.130. The zero-order chi connectivity index (χ0) is 21.1. The molecule has 0 aliphatic carbocycles. The average molecular weight is 467 g/mol. The Morgan fingerprint density at radius 1 is 1.00 bits per heavy atom. The maximum absolute atomic E-state index is 11.7. The van der Waals surface area contributed by atoms with Gasteiger partial charge in [0, 0.05) is 10.0 Å². The number of methoxy groups -OCH3 is 2. The SMILES string of the molecule is COC(=O)c1ccc2nc(-c3ccc(OCc4ccc(Br)cc4)c(OC)c3)[nH]c2c1. The summed E-state index contributed by atoms with van der Waals surface area (Å²) in [5.41, 5.74) is 3.88. The fourth-order valence-electron chi connectivity index (χ4n) is 3.07. The van der Waals surface area contributed by atoms with Gasteiger partial charge in [0.05, 0.1) is 30.8 Å². The highest BCUT2D eigenvalue weighted by Crippen LogP contribution is 2.33. The molecule has 7 heteroatoms. The molecule has 0 fully saturated rings. The van der Waals surface area contributed by atoms with E-state index in [9.17, 15) is 4.79 Å². The normalized spacial score (nSPS) is 10.8. The van der Waals surface area contributed by atoms with Crippen molar-refractivity contribution >= 4 is 32.9 Å². The monoisotopic (exact) mass is 466 g/mol. The van der Waals surface area contributed by atoms with Crippen LogP contribution in [0.5, 0.6) is 11.5 Å². The van der Waals surface area contributed by atoms with Gasteiger partial charge in [0.25, 0.3) is 0 Å². The van der Waals surface area contributed by atoms with Gasteiger partial charge in [0.1, 0.15) is 12.4 Å². The van der Waals surface area contributed by atoms with E-state index in [0.717, 1.165) is 26.6 Å². The van der Waals surface area contributed by atoms with Crippen LogP contribution in [-0.2, 0) is 11.3 Å². The molecule has 4 aromatic rings. The molecule has 1 aromatic heterocycles. The van der Waals surface area contributed by atoms with Crippen molar-refractivity contribution in [3.8, 4) is 22.9 Å². The van der Waals surface area contributed by atoms with Gasteiger partial charge < -0.3 is 19.2 Å². The molecule has 0 atom stereocenters. The van der Waals surface area contributed by atoms with Gasteiger partial charge in [0.15, 0.2) is 11.5 Å². The van der Waals surface area contributed by atoms with Crippen molar-refractivity contribution < 1.29 is 19.0 Å². The lowest BCUT2D eigenvalue weighted by molar-refractivity contribution is 0.0601. The van der Waals surface area contributed by atoms with E-state index in [0.29, 0.717) is 29.5 Å². The molecule has 1 heterocycles. The van der Waals surface area contributed by atoms with E-state index >= 15 is 0 Å². The minimum atomic E-state index is -0.387. The lowest BCUT2D eigenvalue weighted by Crippen LogP contribution is -2.00. The first-order valence-corrected chi connectivity index (χ1v) is 10.0. The second-order valence-corrected chi connectivity index (χ2v) is 7.51. The highest BCUT2D eigenvalue weighted by Gasteiger charge is 2.13. The largest absolute Gasteiger partial charge is 0.493 e. The Bertz CT molecular complexity index is 1200. The number of nitrogens with zero attached hydrogens (tertiary/aromatic N) is 1. The van der Waals surface area contributed by atoms with Crippen molar-refractivity contribution in [2.75, 3.05) is 14.2 Å². The van der Waals surface area contributed by atoms with Crippen LogP contribution in [0.3, 0.4) is 0 Å². The van der Waals surface area contributed by atoms with Crippen LogP contribution in [-0.4, -0.2) is 30.2 Å². The topological polar surface area (TPSA) is 73.4 Å². The van der Waals surface area contributed by atoms with Crippen molar-refractivity contribution in [1.29, 1.82) is 0 Å². The van der Waals surface area contributed by atoms with Gasteiger partial charge in [-0.05, 0) is 54.1 Å². The van der Waals surface area contributed by atoms with Crippen LogP contribution in [0.4, 0.5) is 0 Å². The van der Waals surface area contributed by atoms with E-state index in [-0.39, 0.29) is 5.97 Å². The maximum Gasteiger partial charge on any atom is 0.337 e. The van der Waals surface area contributed by atoms with Gasteiger partial charge >= 0.3 is 5.97 Å². The van der Waals surface area contributed by atoms with Gasteiger partial charge in [0.2, 0.25) is 0 Å². The van der Waals surface area contributed by atoms with Crippen molar-refractivity contribution in [3.05, 3.63) is 76.3 Å². The van der Waals surface area contributed by atoms with Crippen LogP contribution < -0.4 is 9.47 Å². The smallest absolute Gasteiger partial charge is 0.337 e. The highest BCUT2D eigenvalue weighted by atomic mass is 79.9. The number of H-pyrrole nitrogens is 1. The molecule has 0 bridgehead atoms. The van der Waals surface area contributed by atoms with Gasteiger partial charge in [-0.25, -0.2) is 9.78 Å². The van der Waals surface area contributed by atoms with Crippen LogP contribution in [0.2, 0.25) is 0 Å². The van der Waals surface area contributed by atoms with E-state index in [1.807, 2.05) is 42.5 Å². The number of hydrogen-bond acceptors (Lipinski definition) is 5. The summed E-state index contributed by atoms with van der Waals surface area (Å²) >= 11 is 3.43. The molecule has 0 amide bonds. The number of halogens is 1. The summed E-state index contributed by atoms with van der Waals surface area (Å²) in [5, 5.41) is 0. The first-order valence-electron chi connectivity index (χ1n) is 9.21. The summed E-state index contributed by atoms with van der Waals surface area (Å²) < 4.78 is 17.3. The van der Waals surface area contributed by atoms with E-state index < -0.39 is 0 Å². The lowest BCUT2D eigenvalue weighted by Gasteiger charge is -2.12. The second kappa shape index (κ2) is 8.59. The first kappa shape index (κ1) is 20.0. The van der Waals surface area contributed by atoms with Crippen LogP contribution in [0.15, 0.2) is 65.1 Å². The Morgan fingerprint density at radius 3 is 2.53 bits per heavy atom. The number of fused-ring (bicyclic) bond motifs is 1. The molecule has 30 heavy (non-hydrogen) atoms. The van der Waals surface area contributed by atoms with Crippen molar-refractivity contribution in [1.82, 2.24) is 9.97 Å². The molecule has 0 spiro atoms. The molecule has 6 nitrogen and oxygen atoms in total. The number of aromatic amines is 1. The summed E-state index contributed by atoms with van der Waals surface area (Å²) in [4.78, 5) is 19.6. The summed E-state index contributed by atoms with van der Waals surface area (Å²) in [6.45, 7) is 0.434. The number of esters is 1. The zero-order valence-corrected chi connectivity index (χ0v) is 18.0. The van der Waals surface area contributed by atoms with Crippen molar-refractivity contribution in [2.45, 2.75) is 6.61 Å². The zero-order valence-electron chi connectivity index (χ0n) is 16.4. The highest BCUT2D eigenvalue weighted by molar-refractivity contribution is 9.10. The number of carbonyl (C=O) groups is 1. The third kappa shape index (κ3) is 4.16. The van der Waals surface area contributed by atoms with E-state index in [1.165, 1.54) is 7.11 Å². The number of imidazole rings is 1. The van der Waals surface area contributed by atoms with Gasteiger partial charge in [-0.3, -0.25) is 0 Å². The minimum Gasteiger partial charge on any atom is -0.493 e. The van der Waals surface area contributed by atoms with Crippen LogP contribution in [0.1, 0.15) is 15.9 Å². The molecule has 3 aromatic carbocycles. The van der Waals surface area contributed by atoms with E-state index in [1.54, 1.807) is 25.3 Å². The third-order valence-electron chi connectivity index (χ3n) is 4.65. The molecule has 0 aliphatic heterocycles. The molecular weight excluding hydrogens is 448 g/mol. The Labute approximate surface area is 181 Å². The molecule has 0 radical (unpaired) electrons. The van der Waals surface area contributed by atoms with Crippen LogP contribution in [0.25, 0.3) is 22.4 Å². The average Bonchev–Trinajstić information content (AvgIpc) is 3.21. The number of hydrogen-bond donors (Lipinski definition) is 1. The van der Waals surface area contributed by atoms with Crippen LogP contribution in [0, 0.1) is 0 Å². The second-order valence-electron chi connectivity index (χ2n) is 6.59. The van der Waals surface area contributed by atoms with Crippen LogP contribution >= 0.6 is 15.9 Å². The number of nitrogens with one attached hydrogen (secondary N) is 1. The fourth-order valence-corrected chi connectivity index (χ4v) is 3.33. The molecule has 0 saturated heterocycles. The molecule has 0 aliphatic rings. The summed E-state index contributed by atoms with van der Waals surface area (Å²) in [6, 6.07) is 18.8. The predicted octanol–water partition coefficient (Wildman–Crippen LogP) is 5.37. The van der Waals surface area contributed by atoms with Gasteiger partial charge in [-0.1, -0.05) is 28.1 Å². The number of benzene rings is 3. The Balaban J connectivity index is 1.58.